The summed E-state index contributed by atoms with van der Waals surface area (Å²) in [6, 6.07) is 4.83. The van der Waals surface area contributed by atoms with Gasteiger partial charge in [-0.1, -0.05) is 23.2 Å². The van der Waals surface area contributed by atoms with Gasteiger partial charge in [-0.15, -0.1) is 23.2 Å². The van der Waals surface area contributed by atoms with Crippen LogP contribution in [0.15, 0.2) is 18.2 Å². The summed E-state index contributed by atoms with van der Waals surface area (Å²) >= 11 is 23.2. The zero-order valence-corrected chi connectivity index (χ0v) is 11.0. The smallest absolute Gasteiger partial charge is 0.230 e. The van der Waals surface area contributed by atoms with E-state index < -0.39 is 4.33 Å². The van der Waals surface area contributed by atoms with Gasteiger partial charge in [0.2, 0.25) is 5.91 Å². The Hall–Kier alpha value is -0.150. The molecule has 2 nitrogen and oxygen atoms in total. The van der Waals surface area contributed by atoms with E-state index in [1.165, 1.54) is 0 Å². The van der Waals surface area contributed by atoms with Crippen LogP contribution in [0, 0.1) is 5.92 Å². The lowest BCUT2D eigenvalue weighted by Crippen LogP contribution is -2.17. The molecule has 0 bridgehead atoms. The van der Waals surface area contributed by atoms with Crippen molar-refractivity contribution in [2.45, 2.75) is 10.8 Å². The molecule has 0 radical (unpaired) electrons. The molecule has 86 valence electrons. The average molecular weight is 299 g/mol. The minimum Gasteiger partial charge on any atom is -0.324 e. The van der Waals surface area contributed by atoms with Crippen molar-refractivity contribution >= 4 is 58.0 Å². The molecule has 1 amide bonds. The second kappa shape index (κ2) is 4.26. The second-order valence-corrected chi connectivity index (χ2v) is 6.02. The van der Waals surface area contributed by atoms with E-state index in [1.54, 1.807) is 18.2 Å². The van der Waals surface area contributed by atoms with Gasteiger partial charge < -0.3 is 5.32 Å². The summed E-state index contributed by atoms with van der Waals surface area (Å²) in [6.45, 7) is 0. The first-order valence-corrected chi connectivity index (χ1v) is 6.05. The molecule has 1 aromatic rings. The van der Waals surface area contributed by atoms with Gasteiger partial charge in [0.05, 0.1) is 16.6 Å². The van der Waals surface area contributed by atoms with Crippen LogP contribution in [0.25, 0.3) is 0 Å². The first-order valence-electron chi connectivity index (χ1n) is 4.54. The summed E-state index contributed by atoms with van der Waals surface area (Å²) in [4.78, 5) is 11.7. The molecule has 2 rings (SSSR count). The van der Waals surface area contributed by atoms with E-state index in [0.717, 1.165) is 0 Å². The molecule has 1 aliphatic carbocycles. The highest BCUT2D eigenvalue weighted by Crippen LogP contribution is 2.53. The SMILES string of the molecule is O=C(Nc1ccc(Cl)cc1Cl)C1CC1(Cl)Cl. The number of hydrogen-bond donors (Lipinski definition) is 1. The lowest BCUT2D eigenvalue weighted by molar-refractivity contribution is -0.117. The van der Waals surface area contributed by atoms with Crippen molar-refractivity contribution in [2.24, 2.45) is 5.92 Å². The maximum absolute atomic E-state index is 11.7. The molecule has 0 aliphatic heterocycles. The lowest BCUT2D eigenvalue weighted by Gasteiger charge is -2.07. The van der Waals surface area contributed by atoms with Crippen LogP contribution in [0.1, 0.15) is 6.42 Å². The third-order valence-corrected chi connectivity index (χ3v) is 3.71. The largest absolute Gasteiger partial charge is 0.324 e. The molecule has 16 heavy (non-hydrogen) atoms. The molecule has 0 saturated heterocycles. The highest BCUT2D eigenvalue weighted by atomic mass is 35.5. The Kier molecular flexibility index (Phi) is 3.28. The van der Waals surface area contributed by atoms with E-state index in [0.29, 0.717) is 22.2 Å². The summed E-state index contributed by atoms with van der Waals surface area (Å²) in [7, 11) is 0. The zero-order chi connectivity index (χ0) is 11.9. The first-order chi connectivity index (χ1) is 7.40. The van der Waals surface area contributed by atoms with Crippen molar-refractivity contribution in [1.82, 2.24) is 0 Å². The topological polar surface area (TPSA) is 29.1 Å². The van der Waals surface area contributed by atoms with Gasteiger partial charge in [0, 0.05) is 5.02 Å². The van der Waals surface area contributed by atoms with E-state index in [1.807, 2.05) is 0 Å². The minimum atomic E-state index is -0.928. The number of amides is 1. The number of carbonyl (C=O) groups is 1. The normalized spacial score (nSPS) is 21.6. The zero-order valence-electron chi connectivity index (χ0n) is 7.94. The molecule has 1 aromatic carbocycles. The molecular formula is C10H7Cl4NO. The highest BCUT2D eigenvalue weighted by molar-refractivity contribution is 6.52. The van der Waals surface area contributed by atoms with E-state index in [2.05, 4.69) is 5.32 Å². The molecule has 1 unspecified atom stereocenters. The molecule has 6 heteroatoms. The van der Waals surface area contributed by atoms with Crippen LogP contribution in [0.2, 0.25) is 10.0 Å². The predicted molar refractivity (Wildman–Crippen MR) is 67.6 cm³/mol. The number of rotatable bonds is 2. The maximum atomic E-state index is 11.7. The van der Waals surface area contributed by atoms with Crippen LogP contribution in [0.5, 0.6) is 0 Å². The molecule has 1 saturated carbocycles. The third kappa shape index (κ3) is 2.57. The van der Waals surface area contributed by atoms with Crippen molar-refractivity contribution in [3.8, 4) is 0 Å². The first kappa shape index (κ1) is 12.3. The monoisotopic (exact) mass is 297 g/mol. The van der Waals surface area contributed by atoms with Crippen LogP contribution >= 0.6 is 46.4 Å². The van der Waals surface area contributed by atoms with Crippen molar-refractivity contribution in [2.75, 3.05) is 5.32 Å². The number of nitrogens with one attached hydrogen (secondary N) is 1. The summed E-state index contributed by atoms with van der Waals surface area (Å²) in [5.41, 5.74) is 0.507. The highest BCUT2D eigenvalue weighted by Gasteiger charge is 2.56. The Morgan fingerprint density at radius 3 is 2.50 bits per heavy atom. The van der Waals surface area contributed by atoms with Crippen molar-refractivity contribution in [3.63, 3.8) is 0 Å². The van der Waals surface area contributed by atoms with Gasteiger partial charge in [0.1, 0.15) is 4.33 Å². The van der Waals surface area contributed by atoms with Gasteiger partial charge in [-0.05, 0) is 24.6 Å². The van der Waals surface area contributed by atoms with E-state index >= 15 is 0 Å². The van der Waals surface area contributed by atoms with Gasteiger partial charge in [-0.25, -0.2) is 0 Å². The van der Waals surface area contributed by atoms with Crippen LogP contribution in [-0.4, -0.2) is 10.2 Å². The molecule has 1 aliphatic rings. The van der Waals surface area contributed by atoms with Gasteiger partial charge in [0.15, 0.2) is 0 Å². The summed E-state index contributed by atoms with van der Waals surface area (Å²) in [6.07, 6.45) is 0.465. The molecule has 0 heterocycles. The molecule has 1 fully saturated rings. The van der Waals surface area contributed by atoms with Gasteiger partial charge >= 0.3 is 0 Å². The van der Waals surface area contributed by atoms with Crippen molar-refractivity contribution in [3.05, 3.63) is 28.2 Å². The molecule has 0 aromatic heterocycles. The Bertz CT molecular complexity index is 446. The fourth-order valence-electron chi connectivity index (χ4n) is 1.31. The quantitative estimate of drug-likeness (QED) is 0.817. The third-order valence-electron chi connectivity index (χ3n) is 2.33. The Labute approximate surface area is 113 Å². The van der Waals surface area contributed by atoms with Gasteiger partial charge in [0.25, 0.3) is 0 Å². The minimum absolute atomic E-state index is 0.228. The molecule has 1 N–H and O–H groups in total. The molecule has 0 spiro atoms. The van der Waals surface area contributed by atoms with E-state index in [4.69, 9.17) is 46.4 Å². The lowest BCUT2D eigenvalue weighted by atomic mass is 10.3. The second-order valence-electron chi connectivity index (χ2n) is 3.63. The van der Waals surface area contributed by atoms with E-state index in [9.17, 15) is 4.79 Å². The number of hydrogen-bond acceptors (Lipinski definition) is 1. The fourth-order valence-corrected chi connectivity index (χ4v) is 2.27. The van der Waals surface area contributed by atoms with Gasteiger partial charge in [-0.2, -0.15) is 0 Å². The fraction of sp³-hybridized carbons (Fsp3) is 0.300. The van der Waals surface area contributed by atoms with Crippen LogP contribution < -0.4 is 5.32 Å². The molecular weight excluding hydrogens is 292 g/mol. The predicted octanol–water partition coefficient (Wildman–Crippen LogP) is 4.13. The summed E-state index contributed by atoms with van der Waals surface area (Å²) in [5, 5.41) is 3.55. The average Bonchev–Trinajstić information content (AvgIpc) is 2.80. The number of halogens is 4. The number of alkyl halides is 2. The Balaban J connectivity index is 2.07. The number of carbonyl (C=O) groups excluding carboxylic acids is 1. The molecule has 1 atom stereocenters. The number of anilines is 1. The Morgan fingerprint density at radius 1 is 1.38 bits per heavy atom. The summed E-state index contributed by atoms with van der Waals surface area (Å²) in [5.74, 6) is -0.600. The van der Waals surface area contributed by atoms with Crippen molar-refractivity contribution in [1.29, 1.82) is 0 Å². The van der Waals surface area contributed by atoms with E-state index in [-0.39, 0.29) is 11.8 Å². The van der Waals surface area contributed by atoms with Crippen LogP contribution in [0.4, 0.5) is 5.69 Å². The number of benzene rings is 1. The van der Waals surface area contributed by atoms with Gasteiger partial charge in [-0.3, -0.25) is 4.79 Å². The van der Waals surface area contributed by atoms with Crippen molar-refractivity contribution < 1.29 is 4.79 Å². The Morgan fingerprint density at radius 2 is 2.00 bits per heavy atom. The van der Waals surface area contributed by atoms with Crippen LogP contribution in [0.3, 0.4) is 0 Å². The standard InChI is InChI=1S/C10H7Cl4NO/c11-5-1-2-8(7(12)3-5)15-9(16)6-4-10(6,13)14/h1-3,6H,4H2,(H,15,16). The summed E-state index contributed by atoms with van der Waals surface area (Å²) < 4.78 is -0.928. The maximum Gasteiger partial charge on any atom is 0.230 e. The van der Waals surface area contributed by atoms with Crippen LogP contribution in [-0.2, 0) is 4.79 Å².